The molecule has 2 N–H and O–H groups in total. The van der Waals surface area contributed by atoms with Gasteiger partial charge in [0.15, 0.2) is 0 Å². The number of nitrogens with one attached hydrogen (secondary N) is 2. The lowest BCUT2D eigenvalue weighted by Crippen LogP contribution is -2.15. The number of ether oxygens (including phenoxy) is 2. The Bertz CT molecular complexity index is 1110. The van der Waals surface area contributed by atoms with Gasteiger partial charge in [0.2, 0.25) is 0 Å². The predicted octanol–water partition coefficient (Wildman–Crippen LogP) is 4.90. The molecule has 7 heteroatoms. The average Bonchev–Trinajstić information content (AvgIpc) is 2.78. The third-order valence-corrected chi connectivity index (χ3v) is 4.28. The first-order valence-electron chi connectivity index (χ1n) is 9.41. The second kappa shape index (κ2) is 10.1. The van der Waals surface area contributed by atoms with Gasteiger partial charge in [-0.15, -0.1) is 0 Å². The number of hydrogen-bond donors (Lipinski definition) is 2. The number of hydrogen-bond acceptors (Lipinski definition) is 4. The van der Waals surface area contributed by atoms with E-state index in [1.165, 1.54) is 25.3 Å². The highest BCUT2D eigenvalue weighted by Gasteiger charge is 2.15. The summed E-state index contributed by atoms with van der Waals surface area (Å²) in [6.45, 7) is 3.87. The Hall–Kier alpha value is -4.13. The molecule has 3 rings (SSSR count). The van der Waals surface area contributed by atoms with Gasteiger partial charge in [0.1, 0.15) is 23.9 Å². The molecule has 0 bridgehead atoms. The van der Waals surface area contributed by atoms with Crippen LogP contribution in [0.2, 0.25) is 0 Å². The molecule has 0 aliphatic heterocycles. The van der Waals surface area contributed by atoms with Crippen LogP contribution in [0.5, 0.6) is 11.5 Å². The van der Waals surface area contributed by atoms with E-state index in [0.717, 1.165) is 6.07 Å². The topological polar surface area (TPSA) is 76.7 Å². The lowest BCUT2D eigenvalue weighted by Gasteiger charge is -2.14. The van der Waals surface area contributed by atoms with Gasteiger partial charge in [-0.3, -0.25) is 9.59 Å². The monoisotopic (exact) mass is 420 g/mol. The van der Waals surface area contributed by atoms with Gasteiger partial charge in [-0.25, -0.2) is 4.39 Å². The van der Waals surface area contributed by atoms with Crippen LogP contribution in [0.25, 0.3) is 0 Å². The van der Waals surface area contributed by atoms with E-state index in [-0.39, 0.29) is 18.1 Å². The van der Waals surface area contributed by atoms with Crippen LogP contribution >= 0.6 is 0 Å². The molecule has 0 aliphatic rings. The third-order valence-electron chi connectivity index (χ3n) is 4.28. The molecule has 0 unspecified atom stereocenters. The Morgan fingerprint density at radius 3 is 2.52 bits per heavy atom. The maximum Gasteiger partial charge on any atom is 0.259 e. The van der Waals surface area contributed by atoms with E-state index in [4.69, 9.17) is 9.47 Å². The zero-order chi connectivity index (χ0) is 22.2. The van der Waals surface area contributed by atoms with E-state index in [9.17, 15) is 14.0 Å². The zero-order valence-electron chi connectivity index (χ0n) is 16.9. The molecule has 6 nitrogen and oxygen atoms in total. The van der Waals surface area contributed by atoms with Crippen LogP contribution in [0.4, 0.5) is 15.8 Å². The number of halogens is 1. The number of anilines is 2. The summed E-state index contributed by atoms with van der Waals surface area (Å²) >= 11 is 0. The summed E-state index contributed by atoms with van der Waals surface area (Å²) in [6.07, 6.45) is 1.59. The number of benzene rings is 3. The molecule has 3 aromatic carbocycles. The standard InChI is InChI=1S/C24H21FN2O4/c1-3-13-31-21-10-5-4-9-19(21)24(29)26-18-11-12-22(30-2)20(15-18)27-23(28)16-7-6-8-17(25)14-16/h3-12,14-15H,1,13H2,2H3,(H,26,29)(H,27,28). The quantitative estimate of drug-likeness (QED) is 0.508. The number of methoxy groups -OCH3 is 1. The average molecular weight is 420 g/mol. The van der Waals surface area contributed by atoms with Crippen LogP contribution in [0.1, 0.15) is 20.7 Å². The van der Waals surface area contributed by atoms with E-state index >= 15 is 0 Å². The molecule has 0 atom stereocenters. The molecule has 0 aliphatic carbocycles. The first kappa shape index (κ1) is 21.6. The molecule has 0 saturated heterocycles. The van der Waals surface area contributed by atoms with Crippen molar-refractivity contribution in [1.82, 2.24) is 0 Å². The minimum Gasteiger partial charge on any atom is -0.495 e. The third kappa shape index (κ3) is 5.48. The van der Waals surface area contributed by atoms with Crippen molar-refractivity contribution in [3.63, 3.8) is 0 Å². The van der Waals surface area contributed by atoms with Gasteiger partial charge in [-0.2, -0.15) is 0 Å². The summed E-state index contributed by atoms with van der Waals surface area (Å²) < 4.78 is 24.2. The lowest BCUT2D eigenvalue weighted by atomic mass is 10.1. The Balaban J connectivity index is 1.81. The lowest BCUT2D eigenvalue weighted by molar-refractivity contribution is 0.101. The van der Waals surface area contributed by atoms with Crippen LogP contribution in [0.3, 0.4) is 0 Å². The van der Waals surface area contributed by atoms with E-state index < -0.39 is 11.7 Å². The smallest absolute Gasteiger partial charge is 0.259 e. The van der Waals surface area contributed by atoms with Crippen LogP contribution in [-0.2, 0) is 0 Å². The van der Waals surface area contributed by atoms with Gasteiger partial charge < -0.3 is 20.1 Å². The van der Waals surface area contributed by atoms with E-state index in [1.807, 2.05) is 0 Å². The molecular formula is C24H21FN2O4. The predicted molar refractivity (Wildman–Crippen MR) is 117 cm³/mol. The molecule has 0 radical (unpaired) electrons. The van der Waals surface area contributed by atoms with E-state index in [1.54, 1.807) is 48.5 Å². The van der Waals surface area contributed by atoms with Crippen molar-refractivity contribution in [3.8, 4) is 11.5 Å². The SMILES string of the molecule is C=CCOc1ccccc1C(=O)Nc1ccc(OC)c(NC(=O)c2cccc(F)c2)c1. The first-order valence-corrected chi connectivity index (χ1v) is 9.41. The number of para-hydroxylation sites is 1. The van der Waals surface area contributed by atoms with Crippen molar-refractivity contribution < 1.29 is 23.5 Å². The van der Waals surface area contributed by atoms with Crippen LogP contribution in [-0.4, -0.2) is 25.5 Å². The number of amides is 2. The molecule has 2 amide bonds. The van der Waals surface area contributed by atoms with E-state index in [2.05, 4.69) is 17.2 Å². The minimum atomic E-state index is -0.516. The molecule has 0 spiro atoms. The normalized spacial score (nSPS) is 10.1. The number of carbonyl (C=O) groups excluding carboxylic acids is 2. The Morgan fingerprint density at radius 1 is 0.968 bits per heavy atom. The molecule has 158 valence electrons. The number of carbonyl (C=O) groups is 2. The van der Waals surface area contributed by atoms with Crippen molar-refractivity contribution in [2.75, 3.05) is 24.4 Å². The molecule has 0 fully saturated rings. The second-order valence-corrected chi connectivity index (χ2v) is 6.43. The van der Waals surface area contributed by atoms with Gasteiger partial charge in [0.05, 0.1) is 18.4 Å². The van der Waals surface area contributed by atoms with Crippen LogP contribution < -0.4 is 20.1 Å². The summed E-state index contributed by atoms with van der Waals surface area (Å²) in [7, 11) is 1.46. The van der Waals surface area contributed by atoms with Gasteiger partial charge in [0.25, 0.3) is 11.8 Å². The summed E-state index contributed by atoms with van der Waals surface area (Å²) in [5.74, 6) is -0.597. The highest BCUT2D eigenvalue weighted by molar-refractivity contribution is 6.08. The van der Waals surface area contributed by atoms with Crippen molar-refractivity contribution >= 4 is 23.2 Å². The Labute approximate surface area is 179 Å². The van der Waals surface area contributed by atoms with Crippen LogP contribution in [0.15, 0.2) is 79.4 Å². The molecule has 3 aromatic rings. The second-order valence-electron chi connectivity index (χ2n) is 6.43. The Morgan fingerprint density at radius 2 is 1.77 bits per heavy atom. The molecule has 0 heterocycles. The van der Waals surface area contributed by atoms with Gasteiger partial charge in [-0.05, 0) is 48.5 Å². The first-order chi connectivity index (χ1) is 15.0. The summed E-state index contributed by atoms with van der Waals surface area (Å²) in [5.41, 5.74) is 1.26. The largest absolute Gasteiger partial charge is 0.495 e. The van der Waals surface area contributed by atoms with Crippen molar-refractivity contribution in [3.05, 3.63) is 96.3 Å². The fourth-order valence-electron chi connectivity index (χ4n) is 2.83. The highest BCUT2D eigenvalue weighted by atomic mass is 19.1. The molecular weight excluding hydrogens is 399 g/mol. The zero-order valence-corrected chi connectivity index (χ0v) is 16.9. The van der Waals surface area contributed by atoms with Crippen molar-refractivity contribution in [1.29, 1.82) is 0 Å². The van der Waals surface area contributed by atoms with Crippen LogP contribution in [0, 0.1) is 5.82 Å². The number of rotatable bonds is 8. The Kier molecular flexibility index (Phi) is 7.01. The summed E-state index contributed by atoms with van der Waals surface area (Å²) in [5, 5.41) is 5.46. The summed E-state index contributed by atoms with van der Waals surface area (Å²) in [6, 6.07) is 17.0. The van der Waals surface area contributed by atoms with Gasteiger partial charge in [-0.1, -0.05) is 30.9 Å². The van der Waals surface area contributed by atoms with Crippen molar-refractivity contribution in [2.45, 2.75) is 0 Å². The highest BCUT2D eigenvalue weighted by Crippen LogP contribution is 2.29. The molecule has 0 aromatic heterocycles. The fourth-order valence-corrected chi connectivity index (χ4v) is 2.83. The van der Waals surface area contributed by atoms with Crippen molar-refractivity contribution in [2.24, 2.45) is 0 Å². The van der Waals surface area contributed by atoms with Gasteiger partial charge in [0, 0.05) is 11.3 Å². The minimum absolute atomic E-state index is 0.157. The maximum atomic E-state index is 13.4. The summed E-state index contributed by atoms with van der Waals surface area (Å²) in [4.78, 5) is 25.3. The fraction of sp³-hybridized carbons (Fsp3) is 0.0833. The maximum absolute atomic E-state index is 13.4. The van der Waals surface area contributed by atoms with E-state index in [0.29, 0.717) is 28.4 Å². The molecule has 0 saturated carbocycles. The van der Waals surface area contributed by atoms with Gasteiger partial charge >= 0.3 is 0 Å². The molecule has 31 heavy (non-hydrogen) atoms.